The summed E-state index contributed by atoms with van der Waals surface area (Å²) >= 11 is 1.13. The van der Waals surface area contributed by atoms with Gasteiger partial charge in [-0.15, -0.1) is 0 Å². The maximum atomic E-state index is 11.9. The molecule has 0 fully saturated rings. The lowest BCUT2D eigenvalue weighted by molar-refractivity contribution is -0.117. The summed E-state index contributed by atoms with van der Waals surface area (Å²) in [6.07, 6.45) is 1.24. The minimum atomic E-state index is -3.78. The Morgan fingerprint density at radius 2 is 2.18 bits per heavy atom. The highest BCUT2D eigenvalue weighted by atomic mass is 32.2. The second-order valence-corrected chi connectivity index (χ2v) is 6.94. The lowest BCUT2D eigenvalue weighted by atomic mass is 10.3. The summed E-state index contributed by atoms with van der Waals surface area (Å²) in [4.78, 5) is 16.1. The highest BCUT2D eigenvalue weighted by molar-refractivity contribution is 7.89. The van der Waals surface area contributed by atoms with Gasteiger partial charge in [0.05, 0.1) is 15.1 Å². The Balaban J connectivity index is 1.86. The van der Waals surface area contributed by atoms with Gasteiger partial charge < -0.3 is 9.47 Å². The SMILES string of the molecule is NS(=O)(=O)c1ccc2nc(NC(=O)C3=COCCO3)sc2c1. The van der Waals surface area contributed by atoms with Gasteiger partial charge in [0.1, 0.15) is 19.5 Å². The predicted molar refractivity (Wildman–Crippen MR) is 79.6 cm³/mol. The molecule has 3 N–H and O–H groups in total. The number of anilines is 1. The quantitative estimate of drug-likeness (QED) is 0.850. The Bertz CT molecular complexity index is 872. The van der Waals surface area contributed by atoms with Gasteiger partial charge in [-0.25, -0.2) is 18.5 Å². The van der Waals surface area contributed by atoms with Crippen molar-refractivity contribution in [3.05, 3.63) is 30.2 Å². The number of benzene rings is 1. The van der Waals surface area contributed by atoms with E-state index >= 15 is 0 Å². The second-order valence-electron chi connectivity index (χ2n) is 4.35. The predicted octanol–water partition coefficient (Wildman–Crippen LogP) is 0.770. The van der Waals surface area contributed by atoms with Crippen LogP contribution in [0, 0.1) is 0 Å². The highest BCUT2D eigenvalue weighted by Crippen LogP contribution is 2.28. The molecular formula is C12H11N3O5S2. The minimum Gasteiger partial charge on any atom is -0.494 e. The standard InChI is InChI=1S/C12H11N3O5S2/c13-22(17,18)7-1-2-8-10(5-7)21-12(14-8)15-11(16)9-6-19-3-4-20-9/h1-2,5-6H,3-4H2,(H2,13,17,18)(H,14,15,16). The van der Waals surface area contributed by atoms with E-state index in [0.717, 1.165) is 11.3 Å². The molecule has 2 heterocycles. The van der Waals surface area contributed by atoms with Crippen LogP contribution in [0.3, 0.4) is 0 Å². The Morgan fingerprint density at radius 1 is 1.36 bits per heavy atom. The number of carbonyl (C=O) groups excluding carboxylic acids is 1. The monoisotopic (exact) mass is 341 g/mol. The lowest BCUT2D eigenvalue weighted by Crippen LogP contribution is -2.20. The van der Waals surface area contributed by atoms with Gasteiger partial charge in [-0.3, -0.25) is 10.1 Å². The number of fused-ring (bicyclic) bond motifs is 1. The first-order chi connectivity index (χ1) is 10.4. The number of hydrogen-bond acceptors (Lipinski definition) is 7. The lowest BCUT2D eigenvalue weighted by Gasteiger charge is -2.13. The Hall–Kier alpha value is -2.17. The molecule has 0 unspecified atom stereocenters. The van der Waals surface area contributed by atoms with Gasteiger partial charge in [-0.05, 0) is 18.2 Å². The van der Waals surface area contributed by atoms with E-state index in [1.807, 2.05) is 0 Å². The van der Waals surface area contributed by atoms with Crippen molar-refractivity contribution in [1.82, 2.24) is 4.98 Å². The molecule has 0 spiro atoms. The normalized spacial score (nSPS) is 14.9. The number of rotatable bonds is 3. The Labute approximate surface area is 129 Å². The fourth-order valence-corrected chi connectivity index (χ4v) is 3.30. The number of nitrogens with zero attached hydrogens (tertiary/aromatic N) is 1. The number of thiazole rings is 1. The van der Waals surface area contributed by atoms with E-state index in [2.05, 4.69) is 10.3 Å². The van der Waals surface area contributed by atoms with E-state index in [1.165, 1.54) is 24.5 Å². The summed E-state index contributed by atoms with van der Waals surface area (Å²) < 4.78 is 33.4. The molecule has 0 saturated heterocycles. The molecule has 10 heteroatoms. The zero-order valence-corrected chi connectivity index (χ0v) is 12.7. The van der Waals surface area contributed by atoms with E-state index < -0.39 is 15.9 Å². The molecule has 1 aliphatic heterocycles. The number of hydrogen-bond donors (Lipinski definition) is 2. The summed E-state index contributed by atoms with van der Waals surface area (Å²) in [6, 6.07) is 4.31. The van der Waals surface area contributed by atoms with Crippen LogP contribution in [0.4, 0.5) is 5.13 Å². The van der Waals surface area contributed by atoms with Crippen molar-refractivity contribution in [1.29, 1.82) is 0 Å². The van der Waals surface area contributed by atoms with Crippen LogP contribution in [0.1, 0.15) is 0 Å². The number of primary sulfonamides is 1. The zero-order valence-electron chi connectivity index (χ0n) is 11.1. The van der Waals surface area contributed by atoms with Crippen LogP contribution < -0.4 is 10.5 Å². The van der Waals surface area contributed by atoms with Crippen molar-refractivity contribution in [3.63, 3.8) is 0 Å². The molecule has 2 aromatic rings. The second kappa shape index (κ2) is 5.55. The molecule has 22 heavy (non-hydrogen) atoms. The first kappa shape index (κ1) is 14.8. The van der Waals surface area contributed by atoms with Gasteiger partial charge >= 0.3 is 0 Å². The molecule has 0 radical (unpaired) electrons. The van der Waals surface area contributed by atoms with Crippen molar-refractivity contribution < 1.29 is 22.7 Å². The molecule has 0 saturated carbocycles. The minimum absolute atomic E-state index is 0.00625. The smallest absolute Gasteiger partial charge is 0.295 e. The van der Waals surface area contributed by atoms with E-state index in [9.17, 15) is 13.2 Å². The van der Waals surface area contributed by atoms with Crippen molar-refractivity contribution in [3.8, 4) is 0 Å². The molecule has 0 bridgehead atoms. The molecule has 8 nitrogen and oxygen atoms in total. The Morgan fingerprint density at radius 3 is 2.86 bits per heavy atom. The van der Waals surface area contributed by atoms with E-state index in [0.29, 0.717) is 28.6 Å². The summed E-state index contributed by atoms with van der Waals surface area (Å²) in [6.45, 7) is 0.699. The van der Waals surface area contributed by atoms with Crippen LogP contribution in [0.15, 0.2) is 35.1 Å². The fraction of sp³-hybridized carbons (Fsp3) is 0.167. The highest BCUT2D eigenvalue weighted by Gasteiger charge is 2.17. The molecule has 0 atom stereocenters. The van der Waals surface area contributed by atoms with E-state index in [4.69, 9.17) is 14.6 Å². The summed E-state index contributed by atoms with van der Waals surface area (Å²) in [5.74, 6) is -0.416. The number of carbonyl (C=O) groups is 1. The van der Waals surface area contributed by atoms with Gasteiger partial charge in [0.15, 0.2) is 5.13 Å². The van der Waals surface area contributed by atoms with E-state index in [1.54, 1.807) is 0 Å². The largest absolute Gasteiger partial charge is 0.494 e. The summed E-state index contributed by atoms with van der Waals surface area (Å²) in [5, 5.41) is 7.98. The third kappa shape index (κ3) is 3.03. The molecular weight excluding hydrogens is 330 g/mol. The molecule has 0 aliphatic carbocycles. The van der Waals surface area contributed by atoms with Gasteiger partial charge in [0.2, 0.25) is 15.8 Å². The van der Waals surface area contributed by atoms with Crippen LogP contribution >= 0.6 is 11.3 Å². The van der Waals surface area contributed by atoms with Crippen LogP contribution in [0.2, 0.25) is 0 Å². The number of sulfonamides is 1. The van der Waals surface area contributed by atoms with Crippen LogP contribution in [-0.4, -0.2) is 32.5 Å². The van der Waals surface area contributed by atoms with Gasteiger partial charge in [0.25, 0.3) is 5.91 Å². The maximum Gasteiger partial charge on any atom is 0.295 e. The zero-order chi connectivity index (χ0) is 15.7. The maximum absolute atomic E-state index is 11.9. The van der Waals surface area contributed by atoms with Gasteiger partial charge in [-0.1, -0.05) is 11.3 Å². The first-order valence-corrected chi connectivity index (χ1v) is 8.49. The topological polar surface area (TPSA) is 121 Å². The van der Waals surface area contributed by atoms with Crippen molar-refractivity contribution >= 4 is 42.6 Å². The summed E-state index contributed by atoms with van der Waals surface area (Å²) in [5.41, 5.74) is 0.558. The number of aromatic nitrogens is 1. The number of amides is 1. The van der Waals surface area contributed by atoms with Crippen molar-refractivity contribution in [2.24, 2.45) is 5.14 Å². The van der Waals surface area contributed by atoms with Crippen LogP contribution in [-0.2, 0) is 24.3 Å². The Kier molecular flexibility index (Phi) is 3.72. The molecule has 3 rings (SSSR count). The molecule has 1 aromatic carbocycles. The number of nitrogens with one attached hydrogen (secondary N) is 1. The summed E-state index contributed by atoms with van der Waals surface area (Å²) in [7, 11) is -3.78. The van der Waals surface area contributed by atoms with E-state index in [-0.39, 0.29) is 10.7 Å². The van der Waals surface area contributed by atoms with Crippen LogP contribution in [0.25, 0.3) is 10.2 Å². The van der Waals surface area contributed by atoms with Gasteiger partial charge in [0, 0.05) is 0 Å². The van der Waals surface area contributed by atoms with Crippen LogP contribution in [0.5, 0.6) is 0 Å². The third-order valence-electron chi connectivity index (χ3n) is 2.78. The number of ether oxygens (including phenoxy) is 2. The molecule has 1 amide bonds. The fourth-order valence-electron chi connectivity index (χ4n) is 1.78. The van der Waals surface area contributed by atoms with Gasteiger partial charge in [-0.2, -0.15) is 0 Å². The average Bonchev–Trinajstić information content (AvgIpc) is 2.88. The molecule has 1 aromatic heterocycles. The first-order valence-electron chi connectivity index (χ1n) is 6.13. The third-order valence-corrected chi connectivity index (χ3v) is 4.63. The molecule has 116 valence electrons. The number of nitrogens with two attached hydrogens (primary N) is 1. The van der Waals surface area contributed by atoms with Crippen molar-refractivity contribution in [2.45, 2.75) is 4.90 Å². The average molecular weight is 341 g/mol. The molecule has 1 aliphatic rings. The van der Waals surface area contributed by atoms with Crippen molar-refractivity contribution in [2.75, 3.05) is 18.5 Å².